The Labute approximate surface area is 77.8 Å². The number of hydrogen-bond donors (Lipinski definition) is 2. The highest BCUT2D eigenvalue weighted by Crippen LogP contribution is 2.31. The van der Waals surface area contributed by atoms with Crippen LogP contribution in [0.15, 0.2) is 11.7 Å². The van der Waals surface area contributed by atoms with Gasteiger partial charge in [0, 0.05) is 5.38 Å². The number of nitrogens with one attached hydrogen (secondary N) is 1. The van der Waals surface area contributed by atoms with Crippen LogP contribution in [-0.4, -0.2) is 15.2 Å². The molecule has 0 aliphatic heterocycles. The van der Waals surface area contributed by atoms with Gasteiger partial charge in [0.15, 0.2) is 5.82 Å². The van der Waals surface area contributed by atoms with E-state index in [1.54, 1.807) is 5.38 Å². The summed E-state index contributed by atoms with van der Waals surface area (Å²) in [5.41, 5.74) is 6.86. The van der Waals surface area contributed by atoms with Crippen molar-refractivity contribution < 1.29 is 0 Å². The van der Waals surface area contributed by atoms with Gasteiger partial charge in [-0.05, 0) is 0 Å². The first kappa shape index (κ1) is 7.76. The van der Waals surface area contributed by atoms with E-state index in [1.165, 1.54) is 17.7 Å². The van der Waals surface area contributed by atoms with Crippen LogP contribution in [0.5, 0.6) is 0 Å². The number of rotatable bonds is 1. The zero-order valence-corrected chi connectivity index (χ0v) is 7.30. The lowest BCUT2D eigenvalue weighted by atomic mass is 10.2. The van der Waals surface area contributed by atoms with E-state index >= 15 is 0 Å². The first-order chi connectivity index (χ1) is 6.33. The number of H-pyrrole nitrogens is 1. The Kier molecular flexibility index (Phi) is 1.72. The normalized spacial score (nSPS) is 9.77. The molecule has 0 saturated heterocycles. The Hall–Kier alpha value is -1.87. The molecule has 0 aliphatic carbocycles. The monoisotopic (exact) mass is 191 g/mol. The van der Waals surface area contributed by atoms with E-state index in [0.29, 0.717) is 22.0 Å². The molecule has 0 aliphatic rings. The van der Waals surface area contributed by atoms with Crippen molar-refractivity contribution in [1.29, 1.82) is 5.26 Å². The molecule has 0 atom stereocenters. The van der Waals surface area contributed by atoms with Crippen molar-refractivity contribution in [3.05, 3.63) is 17.3 Å². The van der Waals surface area contributed by atoms with Gasteiger partial charge in [-0.1, -0.05) is 0 Å². The van der Waals surface area contributed by atoms with Crippen molar-refractivity contribution >= 4 is 16.3 Å². The largest absolute Gasteiger partial charge is 0.390 e. The fourth-order valence-corrected chi connectivity index (χ4v) is 1.77. The summed E-state index contributed by atoms with van der Waals surface area (Å²) in [7, 11) is 0. The number of hydrogen-bond acceptors (Lipinski definition) is 5. The average molecular weight is 191 g/mol. The second kappa shape index (κ2) is 2.88. The number of thiophene rings is 1. The molecule has 0 aromatic carbocycles. The number of nitrogens with zero attached hydrogens (tertiary/aromatic N) is 3. The minimum Gasteiger partial charge on any atom is -0.390 e. The minimum atomic E-state index is 0.527. The van der Waals surface area contributed by atoms with Gasteiger partial charge in [0.25, 0.3) is 0 Å². The molecule has 0 fully saturated rings. The molecule has 0 bridgehead atoms. The SMILES string of the molecule is N#Cc1csc(N)c1-c1nnc[nH]1. The van der Waals surface area contributed by atoms with E-state index in [9.17, 15) is 0 Å². The molecule has 2 aromatic rings. The summed E-state index contributed by atoms with van der Waals surface area (Å²) in [6, 6.07) is 2.05. The highest BCUT2D eigenvalue weighted by atomic mass is 32.1. The third-order valence-corrected chi connectivity index (χ3v) is 2.41. The predicted octanol–water partition coefficient (Wildman–Crippen LogP) is 0.987. The second-order valence-corrected chi connectivity index (χ2v) is 3.25. The van der Waals surface area contributed by atoms with Crippen molar-refractivity contribution in [2.24, 2.45) is 0 Å². The highest BCUT2D eigenvalue weighted by Gasteiger charge is 2.13. The van der Waals surface area contributed by atoms with E-state index in [0.717, 1.165) is 0 Å². The van der Waals surface area contributed by atoms with Crippen LogP contribution in [0.4, 0.5) is 5.00 Å². The fraction of sp³-hybridized carbons (Fsp3) is 0. The van der Waals surface area contributed by atoms with E-state index in [4.69, 9.17) is 11.0 Å². The third-order valence-electron chi connectivity index (χ3n) is 1.59. The lowest BCUT2D eigenvalue weighted by Crippen LogP contribution is -1.88. The molecule has 2 rings (SSSR count). The van der Waals surface area contributed by atoms with Crippen LogP contribution < -0.4 is 5.73 Å². The minimum absolute atomic E-state index is 0.527. The van der Waals surface area contributed by atoms with E-state index < -0.39 is 0 Å². The van der Waals surface area contributed by atoms with Gasteiger partial charge in [-0.3, -0.25) is 0 Å². The molecule has 0 unspecified atom stereocenters. The number of aromatic amines is 1. The Balaban J connectivity index is 2.64. The molecule has 2 aromatic heterocycles. The molecule has 13 heavy (non-hydrogen) atoms. The maximum Gasteiger partial charge on any atom is 0.165 e. The zero-order chi connectivity index (χ0) is 9.26. The van der Waals surface area contributed by atoms with Crippen LogP contribution in [-0.2, 0) is 0 Å². The maximum absolute atomic E-state index is 8.77. The van der Waals surface area contributed by atoms with Crippen LogP contribution in [0.25, 0.3) is 11.4 Å². The summed E-state index contributed by atoms with van der Waals surface area (Å²) in [5, 5.41) is 18.5. The van der Waals surface area contributed by atoms with Crippen LogP contribution in [0, 0.1) is 11.3 Å². The molecule has 0 saturated carbocycles. The molecule has 0 radical (unpaired) electrons. The summed E-state index contributed by atoms with van der Waals surface area (Å²) in [6.45, 7) is 0. The molecule has 0 spiro atoms. The Morgan fingerprint density at radius 3 is 3.08 bits per heavy atom. The van der Waals surface area contributed by atoms with Crippen LogP contribution >= 0.6 is 11.3 Å². The molecular formula is C7H5N5S. The maximum atomic E-state index is 8.77. The van der Waals surface area contributed by atoms with Gasteiger partial charge in [0.2, 0.25) is 0 Å². The smallest absolute Gasteiger partial charge is 0.165 e. The highest BCUT2D eigenvalue weighted by molar-refractivity contribution is 7.14. The first-order valence-electron chi connectivity index (χ1n) is 3.46. The summed E-state index contributed by atoms with van der Waals surface area (Å²) in [5.74, 6) is 0.537. The van der Waals surface area contributed by atoms with Crippen LogP contribution in [0.3, 0.4) is 0 Å². The van der Waals surface area contributed by atoms with Crippen LogP contribution in [0.1, 0.15) is 5.56 Å². The number of aromatic nitrogens is 3. The standard InChI is InChI=1S/C7H5N5S/c8-1-4-2-13-6(9)5(4)7-10-3-11-12-7/h2-3H,9H2,(H,10,11,12). The summed E-state index contributed by atoms with van der Waals surface area (Å²) in [6.07, 6.45) is 1.45. The van der Waals surface area contributed by atoms with Gasteiger partial charge in [0.1, 0.15) is 12.4 Å². The molecule has 0 amide bonds. The van der Waals surface area contributed by atoms with Crippen molar-refractivity contribution in [1.82, 2.24) is 15.2 Å². The number of anilines is 1. The molecule has 3 N–H and O–H groups in total. The third kappa shape index (κ3) is 1.15. The van der Waals surface area contributed by atoms with Gasteiger partial charge in [-0.15, -0.1) is 21.5 Å². The second-order valence-electron chi connectivity index (χ2n) is 2.34. The molecule has 6 heteroatoms. The lowest BCUT2D eigenvalue weighted by molar-refractivity contribution is 1.10. The van der Waals surface area contributed by atoms with Gasteiger partial charge >= 0.3 is 0 Å². The fourth-order valence-electron chi connectivity index (χ4n) is 1.03. The van der Waals surface area contributed by atoms with Gasteiger partial charge in [-0.2, -0.15) is 5.26 Å². The molecular weight excluding hydrogens is 186 g/mol. The number of nitriles is 1. The van der Waals surface area contributed by atoms with E-state index in [2.05, 4.69) is 15.2 Å². The average Bonchev–Trinajstić information content (AvgIpc) is 2.72. The number of nitrogen functional groups attached to an aromatic ring is 1. The van der Waals surface area contributed by atoms with E-state index in [1.807, 2.05) is 6.07 Å². The van der Waals surface area contributed by atoms with Crippen molar-refractivity contribution in [3.63, 3.8) is 0 Å². The van der Waals surface area contributed by atoms with Crippen molar-refractivity contribution in [2.75, 3.05) is 5.73 Å². The molecule has 64 valence electrons. The lowest BCUT2D eigenvalue weighted by Gasteiger charge is -1.93. The summed E-state index contributed by atoms with van der Waals surface area (Å²) >= 11 is 1.32. The topological polar surface area (TPSA) is 91.4 Å². The van der Waals surface area contributed by atoms with E-state index in [-0.39, 0.29) is 0 Å². The van der Waals surface area contributed by atoms with Crippen molar-refractivity contribution in [3.8, 4) is 17.5 Å². The summed E-state index contributed by atoms with van der Waals surface area (Å²) in [4.78, 5) is 2.81. The van der Waals surface area contributed by atoms with Gasteiger partial charge in [0.05, 0.1) is 16.1 Å². The van der Waals surface area contributed by atoms with Crippen LogP contribution in [0.2, 0.25) is 0 Å². The summed E-state index contributed by atoms with van der Waals surface area (Å²) < 4.78 is 0. The predicted molar refractivity (Wildman–Crippen MR) is 48.8 cm³/mol. The Bertz CT molecular complexity index is 450. The Morgan fingerprint density at radius 1 is 1.62 bits per heavy atom. The molecule has 5 nitrogen and oxygen atoms in total. The van der Waals surface area contributed by atoms with Gasteiger partial charge in [-0.25, -0.2) is 0 Å². The molecule has 2 heterocycles. The first-order valence-corrected chi connectivity index (χ1v) is 4.34. The van der Waals surface area contributed by atoms with Gasteiger partial charge < -0.3 is 10.7 Å². The zero-order valence-electron chi connectivity index (χ0n) is 6.48. The quantitative estimate of drug-likeness (QED) is 0.703. The number of nitrogens with two attached hydrogens (primary N) is 1. The Morgan fingerprint density at radius 2 is 2.46 bits per heavy atom. The van der Waals surface area contributed by atoms with Crippen molar-refractivity contribution in [2.45, 2.75) is 0 Å².